The van der Waals surface area contributed by atoms with E-state index in [1.54, 1.807) is 12.0 Å². The molecule has 0 bridgehead atoms. The Balaban J connectivity index is 1.42. The SMILES string of the molecule is CC[C@H](c1nnnn1Cc1ccccc1)[NH+]1CCN(c2ccc(OC)cc2)CC1. The van der Waals surface area contributed by atoms with Gasteiger partial charge in [0.25, 0.3) is 0 Å². The highest BCUT2D eigenvalue weighted by atomic mass is 16.5. The highest BCUT2D eigenvalue weighted by Gasteiger charge is 2.31. The number of rotatable bonds is 7. The Morgan fingerprint density at radius 1 is 1.03 bits per heavy atom. The number of piperazine rings is 1. The van der Waals surface area contributed by atoms with Crippen molar-refractivity contribution in [2.75, 3.05) is 38.2 Å². The Morgan fingerprint density at radius 2 is 1.76 bits per heavy atom. The lowest BCUT2D eigenvalue weighted by Crippen LogP contribution is -3.15. The Labute approximate surface area is 171 Å². The molecule has 152 valence electrons. The van der Waals surface area contributed by atoms with Crippen molar-refractivity contribution in [3.8, 4) is 5.75 Å². The second-order valence-electron chi connectivity index (χ2n) is 7.48. The zero-order chi connectivity index (χ0) is 20.1. The van der Waals surface area contributed by atoms with Crippen LogP contribution in [0.2, 0.25) is 0 Å². The van der Waals surface area contributed by atoms with Crippen LogP contribution in [0.15, 0.2) is 54.6 Å². The van der Waals surface area contributed by atoms with Crippen LogP contribution < -0.4 is 14.5 Å². The van der Waals surface area contributed by atoms with Crippen LogP contribution in [0.1, 0.15) is 30.8 Å². The summed E-state index contributed by atoms with van der Waals surface area (Å²) in [5.41, 5.74) is 2.47. The molecular formula is C22H29N6O+. The highest BCUT2D eigenvalue weighted by molar-refractivity contribution is 5.49. The molecule has 1 N–H and O–H groups in total. The van der Waals surface area contributed by atoms with Crippen molar-refractivity contribution < 1.29 is 9.64 Å². The second-order valence-corrected chi connectivity index (χ2v) is 7.48. The average Bonchev–Trinajstić information content (AvgIpc) is 3.23. The van der Waals surface area contributed by atoms with Gasteiger partial charge in [-0.25, -0.2) is 4.68 Å². The molecule has 0 saturated carbocycles. The summed E-state index contributed by atoms with van der Waals surface area (Å²) in [4.78, 5) is 4.00. The number of methoxy groups -OCH3 is 1. The number of hydrogen-bond donors (Lipinski definition) is 1. The molecule has 1 fully saturated rings. The molecule has 1 atom stereocenters. The summed E-state index contributed by atoms with van der Waals surface area (Å²) in [6.45, 7) is 7.14. The van der Waals surface area contributed by atoms with E-state index in [9.17, 15) is 0 Å². The summed E-state index contributed by atoms with van der Waals surface area (Å²) in [6, 6.07) is 19.0. The third-order valence-electron chi connectivity index (χ3n) is 5.79. The molecule has 1 saturated heterocycles. The molecule has 0 spiro atoms. The van der Waals surface area contributed by atoms with Crippen molar-refractivity contribution in [3.05, 3.63) is 66.0 Å². The smallest absolute Gasteiger partial charge is 0.209 e. The predicted molar refractivity (Wildman–Crippen MR) is 112 cm³/mol. The summed E-state index contributed by atoms with van der Waals surface area (Å²) in [7, 11) is 1.70. The van der Waals surface area contributed by atoms with E-state index in [0.29, 0.717) is 12.6 Å². The fourth-order valence-corrected chi connectivity index (χ4v) is 4.18. The third kappa shape index (κ3) is 4.40. The first kappa shape index (κ1) is 19.4. The number of quaternary nitrogens is 1. The largest absolute Gasteiger partial charge is 0.497 e. The van der Waals surface area contributed by atoms with Crippen molar-refractivity contribution in [1.82, 2.24) is 20.2 Å². The van der Waals surface area contributed by atoms with Crippen molar-refractivity contribution >= 4 is 5.69 Å². The van der Waals surface area contributed by atoms with Crippen molar-refractivity contribution in [3.63, 3.8) is 0 Å². The number of anilines is 1. The Kier molecular flexibility index (Phi) is 6.05. The number of benzene rings is 2. The fourth-order valence-electron chi connectivity index (χ4n) is 4.18. The normalized spacial score (nSPS) is 16.0. The number of aromatic nitrogens is 4. The highest BCUT2D eigenvalue weighted by Crippen LogP contribution is 2.19. The number of ether oxygens (including phenoxy) is 1. The van der Waals surface area contributed by atoms with Crippen LogP contribution in [0.3, 0.4) is 0 Å². The molecule has 29 heavy (non-hydrogen) atoms. The van der Waals surface area contributed by atoms with E-state index < -0.39 is 0 Å². The van der Waals surface area contributed by atoms with Gasteiger partial charge >= 0.3 is 0 Å². The van der Waals surface area contributed by atoms with E-state index in [1.807, 2.05) is 22.9 Å². The molecule has 0 unspecified atom stereocenters. The standard InChI is InChI=1S/C22H28N6O/c1-3-21(22-23-24-25-28(22)17-18-7-5-4-6-8-18)27-15-13-26(14-16-27)19-9-11-20(29-2)12-10-19/h4-12,21H,3,13-17H2,1-2H3/p+1/t21-/m1/s1. The van der Waals surface area contributed by atoms with Gasteiger partial charge in [-0.2, -0.15) is 0 Å². The maximum Gasteiger partial charge on any atom is 0.209 e. The predicted octanol–water partition coefficient (Wildman–Crippen LogP) is 1.59. The van der Waals surface area contributed by atoms with Gasteiger partial charge in [-0.1, -0.05) is 37.3 Å². The van der Waals surface area contributed by atoms with Gasteiger partial charge in [-0.05, 0) is 40.3 Å². The summed E-state index contributed by atoms with van der Waals surface area (Å²) >= 11 is 0. The zero-order valence-corrected chi connectivity index (χ0v) is 17.2. The number of hydrogen-bond acceptors (Lipinski definition) is 5. The lowest BCUT2D eigenvalue weighted by atomic mass is 10.1. The summed E-state index contributed by atoms with van der Waals surface area (Å²) in [5.74, 6) is 1.89. The van der Waals surface area contributed by atoms with Gasteiger partial charge in [-0.3, -0.25) is 0 Å². The molecule has 1 aliphatic rings. The minimum atomic E-state index is 0.312. The summed E-state index contributed by atoms with van der Waals surface area (Å²) < 4.78 is 7.24. The molecular weight excluding hydrogens is 364 g/mol. The number of tetrazole rings is 1. The van der Waals surface area contributed by atoms with E-state index in [-0.39, 0.29) is 0 Å². The average molecular weight is 394 g/mol. The minimum absolute atomic E-state index is 0.312. The quantitative estimate of drug-likeness (QED) is 0.661. The molecule has 2 aromatic carbocycles. The first-order chi connectivity index (χ1) is 14.3. The van der Waals surface area contributed by atoms with E-state index in [2.05, 4.69) is 63.7 Å². The maximum absolute atomic E-state index is 5.27. The lowest BCUT2D eigenvalue weighted by Gasteiger charge is -2.36. The van der Waals surface area contributed by atoms with Gasteiger partial charge in [-0.15, -0.1) is 5.10 Å². The monoisotopic (exact) mass is 393 g/mol. The van der Waals surface area contributed by atoms with Crippen LogP contribution in [0.25, 0.3) is 0 Å². The van der Waals surface area contributed by atoms with Crippen LogP contribution in [0.4, 0.5) is 5.69 Å². The molecule has 1 aromatic heterocycles. The van der Waals surface area contributed by atoms with E-state index in [1.165, 1.54) is 11.3 Å². The molecule has 0 amide bonds. The molecule has 0 aliphatic carbocycles. The van der Waals surface area contributed by atoms with E-state index in [4.69, 9.17) is 4.74 Å². The molecule has 3 aromatic rings. The van der Waals surface area contributed by atoms with Crippen LogP contribution in [-0.2, 0) is 6.54 Å². The van der Waals surface area contributed by atoms with E-state index in [0.717, 1.165) is 44.2 Å². The van der Waals surface area contributed by atoms with Gasteiger partial charge in [0.15, 0.2) is 0 Å². The topological polar surface area (TPSA) is 60.5 Å². The first-order valence-electron chi connectivity index (χ1n) is 10.3. The Hall–Kier alpha value is -2.93. The summed E-state index contributed by atoms with van der Waals surface area (Å²) in [6.07, 6.45) is 1.02. The first-order valence-corrected chi connectivity index (χ1v) is 10.3. The number of nitrogens with zero attached hydrogens (tertiary/aromatic N) is 5. The van der Waals surface area contributed by atoms with Crippen LogP contribution in [-0.4, -0.2) is 53.5 Å². The Morgan fingerprint density at radius 3 is 2.41 bits per heavy atom. The van der Waals surface area contributed by atoms with Gasteiger partial charge in [0, 0.05) is 12.1 Å². The second kappa shape index (κ2) is 9.05. The molecule has 7 heteroatoms. The van der Waals surface area contributed by atoms with Gasteiger partial charge in [0.1, 0.15) is 11.8 Å². The van der Waals surface area contributed by atoms with Crippen LogP contribution >= 0.6 is 0 Å². The van der Waals surface area contributed by atoms with Crippen molar-refractivity contribution in [2.45, 2.75) is 25.9 Å². The molecule has 0 radical (unpaired) electrons. The van der Waals surface area contributed by atoms with Crippen LogP contribution in [0.5, 0.6) is 5.75 Å². The third-order valence-corrected chi connectivity index (χ3v) is 5.79. The van der Waals surface area contributed by atoms with Gasteiger partial charge in [0.05, 0.1) is 39.8 Å². The van der Waals surface area contributed by atoms with Crippen molar-refractivity contribution in [2.24, 2.45) is 0 Å². The molecule has 7 nitrogen and oxygen atoms in total. The lowest BCUT2D eigenvalue weighted by molar-refractivity contribution is -0.933. The fraction of sp³-hybridized carbons (Fsp3) is 0.409. The molecule has 4 rings (SSSR count). The Bertz CT molecular complexity index is 887. The van der Waals surface area contributed by atoms with Crippen LogP contribution in [0, 0.1) is 0 Å². The van der Waals surface area contributed by atoms with Gasteiger partial charge in [0.2, 0.25) is 5.82 Å². The number of nitrogens with one attached hydrogen (secondary N) is 1. The zero-order valence-electron chi connectivity index (χ0n) is 17.2. The van der Waals surface area contributed by atoms with Gasteiger partial charge < -0.3 is 14.5 Å². The minimum Gasteiger partial charge on any atom is -0.497 e. The summed E-state index contributed by atoms with van der Waals surface area (Å²) in [5, 5.41) is 12.7. The molecule has 1 aliphatic heterocycles. The maximum atomic E-state index is 5.27. The van der Waals surface area contributed by atoms with Crippen molar-refractivity contribution in [1.29, 1.82) is 0 Å². The molecule has 2 heterocycles. The van der Waals surface area contributed by atoms with E-state index >= 15 is 0 Å².